The number of methoxy groups -OCH3 is 2. The van der Waals surface area contributed by atoms with Gasteiger partial charge >= 0.3 is 6.09 Å². The van der Waals surface area contributed by atoms with Gasteiger partial charge in [0.05, 0.1) is 65.3 Å². The fourth-order valence-electron chi connectivity index (χ4n) is 8.16. The third-order valence-corrected chi connectivity index (χ3v) is 12.1. The average molecular weight is 825 g/mol. The summed E-state index contributed by atoms with van der Waals surface area (Å²) in [7, 11) is 2.92. The van der Waals surface area contributed by atoms with Crippen molar-refractivity contribution in [1.82, 2.24) is 35.4 Å². The summed E-state index contributed by atoms with van der Waals surface area (Å²) in [6.07, 6.45) is 6.71. The van der Waals surface area contributed by atoms with E-state index in [1.165, 1.54) is 7.11 Å². The molecule has 0 saturated carbocycles. The number of nitrogens with zero attached hydrogens (tertiary/aromatic N) is 5. The van der Waals surface area contributed by atoms with Crippen molar-refractivity contribution >= 4 is 50.9 Å². The van der Waals surface area contributed by atoms with Crippen LogP contribution in [0, 0.1) is 24.7 Å². The number of rotatable bonds is 16. The number of benzene rings is 2. The van der Waals surface area contributed by atoms with Crippen molar-refractivity contribution in [3.8, 4) is 22.4 Å². The van der Waals surface area contributed by atoms with E-state index in [1.54, 1.807) is 18.4 Å². The molecule has 14 heteroatoms. The van der Waals surface area contributed by atoms with Gasteiger partial charge in [0.2, 0.25) is 11.8 Å². The molecule has 6 rings (SSSR count). The number of thiazole rings is 1. The van der Waals surface area contributed by atoms with Gasteiger partial charge in [0.15, 0.2) is 0 Å². The minimum absolute atomic E-state index is 0.0739. The fraction of sp³-hybridized carbons (Fsp3) is 0.511. The highest BCUT2D eigenvalue weighted by Crippen LogP contribution is 2.40. The number of H-pyrrole nitrogens is 1. The normalized spacial score (nSPS) is 17.9. The summed E-state index contributed by atoms with van der Waals surface area (Å²) in [5.41, 5.74) is 7.84. The van der Waals surface area contributed by atoms with Crippen molar-refractivity contribution in [2.24, 2.45) is 22.7 Å². The van der Waals surface area contributed by atoms with Gasteiger partial charge in [0.1, 0.15) is 11.9 Å². The van der Waals surface area contributed by atoms with Crippen LogP contribution in [0.5, 0.6) is 0 Å². The van der Waals surface area contributed by atoms with Gasteiger partial charge in [-0.2, -0.15) is 0 Å². The lowest BCUT2D eigenvalue weighted by atomic mass is 9.94. The van der Waals surface area contributed by atoms with Crippen LogP contribution in [0.4, 0.5) is 4.79 Å². The largest absolute Gasteiger partial charge is 0.453 e. The number of aryl methyl sites for hydroxylation is 1. The first kappa shape index (κ1) is 43.7. The SMILES string of the molecule is CCCN(CC1=NC(c2ccc(-c3ccc(-c4cnc(C5CCCN5C(=O)C(NC(=O)OC)C(C)C)[nH]4)cc3)c3sc(C)nc23)=CC(C)C1)C(=O)C(NCOC)C(C)C. The smallest absolute Gasteiger partial charge is 0.407 e. The molecule has 13 nitrogen and oxygen atoms in total. The molecule has 4 heterocycles. The third kappa shape index (κ3) is 9.93. The number of alkyl carbamates (subject to hydrolysis) is 1. The van der Waals surface area contributed by atoms with Crippen LogP contribution in [-0.2, 0) is 19.1 Å². The Bertz CT molecular complexity index is 2170. The first-order valence-corrected chi connectivity index (χ1v) is 21.7. The number of ether oxygens (including phenoxy) is 2. The van der Waals surface area contributed by atoms with Gasteiger partial charge in [-0.05, 0) is 67.6 Å². The predicted molar refractivity (Wildman–Crippen MR) is 235 cm³/mol. The lowest BCUT2D eigenvalue weighted by Crippen LogP contribution is -2.51. The Hall–Kier alpha value is -4.92. The Balaban J connectivity index is 1.22. The van der Waals surface area contributed by atoms with Crippen LogP contribution >= 0.6 is 11.3 Å². The summed E-state index contributed by atoms with van der Waals surface area (Å²) in [5.74, 6) is 0.935. The van der Waals surface area contributed by atoms with Crippen LogP contribution in [0.2, 0.25) is 0 Å². The van der Waals surface area contributed by atoms with Crippen LogP contribution in [0.3, 0.4) is 0 Å². The molecule has 3 N–H and O–H groups in total. The van der Waals surface area contributed by atoms with Crippen molar-refractivity contribution in [2.45, 2.75) is 92.3 Å². The molecule has 0 bridgehead atoms. The second kappa shape index (κ2) is 19.4. The molecular formula is C45H60N8O5S. The van der Waals surface area contributed by atoms with Crippen molar-refractivity contribution in [3.63, 3.8) is 0 Å². The summed E-state index contributed by atoms with van der Waals surface area (Å²) < 4.78 is 11.1. The van der Waals surface area contributed by atoms with Gasteiger partial charge in [-0.25, -0.2) is 14.8 Å². The quantitative estimate of drug-likeness (QED) is 0.0962. The first-order chi connectivity index (χ1) is 28.3. The molecule has 2 aliphatic rings. The first-order valence-electron chi connectivity index (χ1n) is 20.8. The van der Waals surface area contributed by atoms with Crippen LogP contribution in [0.25, 0.3) is 38.3 Å². The number of allylic oxidation sites excluding steroid dienone is 1. The number of aliphatic imine (C=N–C) groups is 1. The van der Waals surface area contributed by atoms with Crippen LogP contribution in [0.15, 0.2) is 53.7 Å². The zero-order valence-corrected chi connectivity index (χ0v) is 36.7. The van der Waals surface area contributed by atoms with Gasteiger partial charge in [-0.3, -0.25) is 19.9 Å². The van der Waals surface area contributed by atoms with Crippen LogP contribution < -0.4 is 10.6 Å². The Kier molecular flexibility index (Phi) is 14.4. The number of amides is 3. The fourth-order valence-corrected chi connectivity index (χ4v) is 9.14. The van der Waals surface area contributed by atoms with E-state index in [-0.39, 0.29) is 41.7 Å². The summed E-state index contributed by atoms with van der Waals surface area (Å²) in [6, 6.07) is 11.5. The number of hydrogen-bond acceptors (Lipinski definition) is 10. The van der Waals surface area contributed by atoms with E-state index < -0.39 is 12.1 Å². The lowest BCUT2D eigenvalue weighted by molar-refractivity contribution is -0.135. The second-order valence-electron chi connectivity index (χ2n) is 16.4. The van der Waals surface area contributed by atoms with E-state index in [9.17, 15) is 14.4 Å². The van der Waals surface area contributed by atoms with E-state index in [2.05, 4.69) is 85.8 Å². The summed E-state index contributed by atoms with van der Waals surface area (Å²) >= 11 is 1.68. The predicted octanol–water partition coefficient (Wildman–Crippen LogP) is 7.98. The van der Waals surface area contributed by atoms with Crippen LogP contribution in [0.1, 0.15) is 89.7 Å². The maximum atomic E-state index is 13.8. The van der Waals surface area contributed by atoms with Crippen molar-refractivity contribution in [1.29, 1.82) is 0 Å². The molecule has 2 aliphatic heterocycles. The average Bonchev–Trinajstić information content (AvgIpc) is 3.99. The van der Waals surface area contributed by atoms with Crippen LogP contribution in [-0.4, -0.2) is 101 Å². The summed E-state index contributed by atoms with van der Waals surface area (Å²) in [4.78, 5) is 61.7. The molecule has 3 amide bonds. The number of nitrogens with one attached hydrogen (secondary N) is 3. The van der Waals surface area contributed by atoms with Gasteiger partial charge in [0.25, 0.3) is 0 Å². The number of aromatic nitrogens is 3. The van der Waals surface area contributed by atoms with Gasteiger partial charge in [-0.1, -0.05) is 78.0 Å². The number of carbonyl (C=O) groups excluding carboxylic acids is 3. The van der Waals surface area contributed by atoms with E-state index in [1.807, 2.05) is 36.8 Å². The Morgan fingerprint density at radius 2 is 1.73 bits per heavy atom. The Labute approximate surface area is 352 Å². The maximum absolute atomic E-state index is 13.8. The standard InChI is InChI=1S/C45H60N8O5S/c1-10-19-52(43(54)38(26(2)3)47-25-57-8)24-32-21-28(6)22-35(49-32)34-18-17-33(41-40(34)48-29(7)59-41)30-13-15-31(16-14-30)36-23-46-42(50-36)37-12-11-20-53(37)44(55)39(27(4)5)51-45(56)58-9/h13-18,22-23,26-28,37-39,47H,10-12,19-21,24-25H2,1-9H3,(H,46,50)(H,51,56). The number of hydrogen-bond donors (Lipinski definition) is 3. The number of imidazole rings is 1. The minimum atomic E-state index is -0.688. The zero-order chi connectivity index (χ0) is 42.4. The van der Waals surface area contributed by atoms with Gasteiger partial charge in [0, 0.05) is 37.0 Å². The lowest BCUT2D eigenvalue weighted by Gasteiger charge is -2.31. The molecule has 4 atom stereocenters. The van der Waals surface area contributed by atoms with Crippen molar-refractivity contribution in [3.05, 3.63) is 65.1 Å². The number of likely N-dealkylation sites (tertiary alicyclic amines) is 1. The molecule has 0 spiro atoms. The van der Waals surface area contributed by atoms with E-state index in [4.69, 9.17) is 24.4 Å². The molecule has 4 aromatic rings. The van der Waals surface area contributed by atoms with Gasteiger partial charge < -0.3 is 29.6 Å². The highest BCUT2D eigenvalue weighted by Gasteiger charge is 2.37. The topological polar surface area (TPSA) is 154 Å². The highest BCUT2D eigenvalue weighted by atomic mass is 32.1. The Morgan fingerprint density at radius 1 is 1.02 bits per heavy atom. The summed E-state index contributed by atoms with van der Waals surface area (Å²) in [6.45, 7) is 16.3. The molecule has 0 aliphatic carbocycles. The number of aromatic amines is 1. The molecule has 4 unspecified atom stereocenters. The molecule has 1 fully saturated rings. The summed E-state index contributed by atoms with van der Waals surface area (Å²) in [5, 5.41) is 6.96. The number of carbonyl (C=O) groups is 3. The molecule has 59 heavy (non-hydrogen) atoms. The molecular weight excluding hydrogens is 765 g/mol. The molecule has 0 radical (unpaired) electrons. The second-order valence-corrected chi connectivity index (χ2v) is 17.6. The number of fused-ring (bicyclic) bond motifs is 1. The van der Waals surface area contributed by atoms with E-state index >= 15 is 0 Å². The molecule has 1 saturated heterocycles. The van der Waals surface area contributed by atoms with Crippen molar-refractivity contribution in [2.75, 3.05) is 40.6 Å². The highest BCUT2D eigenvalue weighted by molar-refractivity contribution is 7.19. The van der Waals surface area contributed by atoms with E-state index in [0.29, 0.717) is 26.4 Å². The molecule has 316 valence electrons. The minimum Gasteiger partial charge on any atom is -0.453 e. The van der Waals surface area contributed by atoms with Gasteiger partial charge in [-0.15, -0.1) is 11.3 Å². The van der Waals surface area contributed by atoms with Crippen molar-refractivity contribution < 1.29 is 23.9 Å². The zero-order valence-electron chi connectivity index (χ0n) is 35.9. The Morgan fingerprint density at radius 3 is 2.41 bits per heavy atom. The monoisotopic (exact) mass is 824 g/mol. The van der Waals surface area contributed by atoms with E-state index in [0.717, 1.165) is 86.1 Å². The molecule has 2 aromatic carbocycles. The maximum Gasteiger partial charge on any atom is 0.407 e. The third-order valence-electron chi connectivity index (χ3n) is 11.1. The molecule has 2 aromatic heterocycles.